The Balaban J connectivity index is 1.60. The number of benzene rings is 1. The molecule has 132 valence electrons. The van der Waals surface area contributed by atoms with E-state index in [9.17, 15) is 13.2 Å². The number of rotatable bonds is 5. The summed E-state index contributed by atoms with van der Waals surface area (Å²) in [5, 5.41) is 3.40. The van der Waals surface area contributed by atoms with Crippen molar-refractivity contribution in [3.63, 3.8) is 0 Å². The van der Waals surface area contributed by atoms with E-state index in [4.69, 9.17) is 11.6 Å². The van der Waals surface area contributed by atoms with E-state index in [0.717, 1.165) is 12.8 Å². The molecule has 1 N–H and O–H groups in total. The van der Waals surface area contributed by atoms with E-state index in [0.29, 0.717) is 37.2 Å². The second-order valence-electron chi connectivity index (χ2n) is 6.36. The molecule has 1 atom stereocenters. The number of nitrogens with one attached hydrogen (secondary N) is 1. The molecule has 1 unspecified atom stereocenters. The lowest BCUT2D eigenvalue weighted by molar-refractivity contribution is -0.126. The number of piperazine rings is 1. The lowest BCUT2D eigenvalue weighted by Crippen LogP contribution is -2.55. The fourth-order valence-electron chi connectivity index (χ4n) is 2.82. The summed E-state index contributed by atoms with van der Waals surface area (Å²) in [6.07, 6.45) is 2.12. The maximum atomic E-state index is 12.7. The second kappa shape index (κ2) is 7.00. The smallest absolute Gasteiger partial charge is 0.243 e. The maximum absolute atomic E-state index is 12.7. The highest BCUT2D eigenvalue weighted by atomic mass is 35.5. The van der Waals surface area contributed by atoms with Crippen LogP contribution in [0.4, 0.5) is 0 Å². The molecular weight excluding hydrogens is 350 g/mol. The van der Waals surface area contributed by atoms with Crippen molar-refractivity contribution in [2.45, 2.75) is 36.7 Å². The Bertz CT molecular complexity index is 713. The van der Waals surface area contributed by atoms with E-state index in [2.05, 4.69) is 5.32 Å². The molecule has 6 nitrogen and oxygen atoms in total. The molecular formula is C16H22ClN3O3S. The zero-order chi connectivity index (χ0) is 17.3. The summed E-state index contributed by atoms with van der Waals surface area (Å²) in [6.45, 7) is 3.70. The predicted molar refractivity (Wildman–Crippen MR) is 92.4 cm³/mol. The Morgan fingerprint density at radius 1 is 1.25 bits per heavy atom. The summed E-state index contributed by atoms with van der Waals surface area (Å²) >= 11 is 5.90. The van der Waals surface area contributed by atoms with Crippen molar-refractivity contribution in [2.24, 2.45) is 0 Å². The minimum absolute atomic E-state index is 0.0312. The second-order valence-corrected chi connectivity index (χ2v) is 8.73. The van der Waals surface area contributed by atoms with Gasteiger partial charge in [-0.2, -0.15) is 4.31 Å². The van der Waals surface area contributed by atoms with E-state index in [-0.39, 0.29) is 16.8 Å². The van der Waals surface area contributed by atoms with Gasteiger partial charge in [0.05, 0.1) is 10.9 Å². The molecule has 2 fully saturated rings. The van der Waals surface area contributed by atoms with E-state index in [1.54, 1.807) is 18.2 Å². The molecule has 1 aromatic rings. The Morgan fingerprint density at radius 3 is 2.50 bits per heavy atom. The van der Waals surface area contributed by atoms with Crippen LogP contribution in [-0.4, -0.2) is 61.8 Å². The number of nitrogens with zero attached hydrogens (tertiary/aromatic N) is 2. The van der Waals surface area contributed by atoms with E-state index in [1.807, 2.05) is 11.8 Å². The van der Waals surface area contributed by atoms with Gasteiger partial charge in [0.25, 0.3) is 0 Å². The third-order valence-electron chi connectivity index (χ3n) is 4.56. The summed E-state index contributed by atoms with van der Waals surface area (Å²) in [7, 11) is -3.54. The van der Waals surface area contributed by atoms with Gasteiger partial charge in [-0.1, -0.05) is 17.7 Å². The van der Waals surface area contributed by atoms with Crippen molar-refractivity contribution in [3.05, 3.63) is 29.3 Å². The van der Waals surface area contributed by atoms with Crippen LogP contribution in [0.3, 0.4) is 0 Å². The van der Waals surface area contributed by atoms with Gasteiger partial charge in [-0.3, -0.25) is 9.69 Å². The zero-order valence-electron chi connectivity index (χ0n) is 13.6. The molecule has 3 rings (SSSR count). The molecule has 1 aromatic carbocycles. The van der Waals surface area contributed by atoms with Crippen molar-refractivity contribution in [1.29, 1.82) is 0 Å². The average Bonchev–Trinajstić information content (AvgIpc) is 3.38. The van der Waals surface area contributed by atoms with Gasteiger partial charge in [0.2, 0.25) is 15.9 Å². The van der Waals surface area contributed by atoms with Crippen LogP contribution in [-0.2, 0) is 14.8 Å². The highest BCUT2D eigenvalue weighted by molar-refractivity contribution is 7.89. The lowest BCUT2D eigenvalue weighted by atomic mass is 10.2. The fourth-order valence-corrected chi connectivity index (χ4v) is 4.55. The highest BCUT2D eigenvalue weighted by Gasteiger charge is 2.33. The van der Waals surface area contributed by atoms with Gasteiger partial charge in [0.15, 0.2) is 0 Å². The highest BCUT2D eigenvalue weighted by Crippen LogP contribution is 2.22. The fraction of sp³-hybridized carbons (Fsp3) is 0.562. The van der Waals surface area contributed by atoms with Gasteiger partial charge in [-0.15, -0.1) is 0 Å². The first-order chi connectivity index (χ1) is 11.4. The monoisotopic (exact) mass is 371 g/mol. The predicted octanol–water partition coefficient (Wildman–Crippen LogP) is 1.31. The Labute approximate surface area is 147 Å². The molecule has 0 bridgehead atoms. The molecule has 1 saturated heterocycles. The number of hydrogen-bond acceptors (Lipinski definition) is 4. The largest absolute Gasteiger partial charge is 0.352 e. The minimum atomic E-state index is -3.54. The van der Waals surface area contributed by atoms with Gasteiger partial charge in [0.1, 0.15) is 0 Å². The van der Waals surface area contributed by atoms with Crippen LogP contribution in [0.15, 0.2) is 29.2 Å². The molecule has 0 radical (unpaired) electrons. The van der Waals surface area contributed by atoms with E-state index >= 15 is 0 Å². The van der Waals surface area contributed by atoms with Crippen molar-refractivity contribution >= 4 is 27.5 Å². The van der Waals surface area contributed by atoms with Gasteiger partial charge < -0.3 is 5.32 Å². The van der Waals surface area contributed by atoms with Gasteiger partial charge in [-0.05, 0) is 38.0 Å². The van der Waals surface area contributed by atoms with Crippen molar-refractivity contribution in [3.8, 4) is 0 Å². The van der Waals surface area contributed by atoms with Crippen LogP contribution in [0.25, 0.3) is 0 Å². The SMILES string of the molecule is CC(C(=O)NC1CC1)N1CCN(S(=O)(=O)c2cccc(Cl)c2)CC1. The molecule has 24 heavy (non-hydrogen) atoms. The first-order valence-electron chi connectivity index (χ1n) is 8.18. The normalized spacial score (nSPS) is 21.4. The number of sulfonamides is 1. The molecule has 2 aliphatic rings. The molecule has 1 saturated carbocycles. The van der Waals surface area contributed by atoms with Crippen molar-refractivity contribution in [2.75, 3.05) is 26.2 Å². The zero-order valence-corrected chi connectivity index (χ0v) is 15.2. The Kier molecular flexibility index (Phi) is 5.15. The first-order valence-corrected chi connectivity index (χ1v) is 10.00. The van der Waals surface area contributed by atoms with Crippen molar-refractivity contribution in [1.82, 2.24) is 14.5 Å². The minimum Gasteiger partial charge on any atom is -0.352 e. The molecule has 1 aliphatic heterocycles. The lowest BCUT2D eigenvalue weighted by Gasteiger charge is -2.36. The number of hydrogen-bond donors (Lipinski definition) is 1. The maximum Gasteiger partial charge on any atom is 0.243 e. The van der Waals surface area contributed by atoms with Crippen LogP contribution in [0, 0.1) is 0 Å². The molecule has 1 aliphatic carbocycles. The molecule has 1 heterocycles. The third-order valence-corrected chi connectivity index (χ3v) is 6.69. The average molecular weight is 372 g/mol. The number of amides is 1. The third kappa shape index (κ3) is 3.91. The number of halogens is 1. The number of carbonyl (C=O) groups is 1. The summed E-state index contributed by atoms with van der Waals surface area (Å²) < 4.78 is 26.8. The summed E-state index contributed by atoms with van der Waals surface area (Å²) in [6, 6.07) is 6.41. The Morgan fingerprint density at radius 2 is 1.92 bits per heavy atom. The van der Waals surface area contributed by atoms with Crippen molar-refractivity contribution < 1.29 is 13.2 Å². The molecule has 8 heteroatoms. The van der Waals surface area contributed by atoms with Crippen LogP contribution in [0.5, 0.6) is 0 Å². The van der Waals surface area contributed by atoms with Crippen LogP contribution in [0.2, 0.25) is 5.02 Å². The number of carbonyl (C=O) groups excluding carboxylic acids is 1. The summed E-state index contributed by atoms with van der Waals surface area (Å²) in [5.41, 5.74) is 0. The first kappa shape index (κ1) is 17.7. The summed E-state index contributed by atoms with van der Waals surface area (Å²) in [4.78, 5) is 14.4. The van der Waals surface area contributed by atoms with E-state index < -0.39 is 10.0 Å². The standard InChI is InChI=1S/C16H22ClN3O3S/c1-12(16(21)18-14-5-6-14)19-7-9-20(10-8-19)24(22,23)15-4-2-3-13(17)11-15/h2-4,11-12,14H,5-10H2,1H3,(H,18,21). The van der Waals surface area contributed by atoms with Crippen LogP contribution in [0.1, 0.15) is 19.8 Å². The molecule has 1 amide bonds. The Hall–Kier alpha value is -1.15. The van der Waals surface area contributed by atoms with Crippen LogP contribution >= 0.6 is 11.6 Å². The van der Waals surface area contributed by atoms with Gasteiger partial charge in [0, 0.05) is 37.2 Å². The van der Waals surface area contributed by atoms with Crippen LogP contribution < -0.4 is 5.32 Å². The molecule has 0 aromatic heterocycles. The van der Waals surface area contributed by atoms with E-state index in [1.165, 1.54) is 10.4 Å². The molecule has 0 spiro atoms. The topological polar surface area (TPSA) is 69.7 Å². The van der Waals surface area contributed by atoms with Gasteiger partial charge >= 0.3 is 0 Å². The quantitative estimate of drug-likeness (QED) is 0.847. The van der Waals surface area contributed by atoms with Gasteiger partial charge in [-0.25, -0.2) is 8.42 Å². The summed E-state index contributed by atoms with van der Waals surface area (Å²) in [5.74, 6) is 0.0312.